The van der Waals surface area contributed by atoms with E-state index < -0.39 is 5.97 Å². The third-order valence-corrected chi connectivity index (χ3v) is 4.98. The summed E-state index contributed by atoms with van der Waals surface area (Å²) < 4.78 is 12.8. The molecule has 2 heterocycles. The minimum absolute atomic E-state index is 0.0199. The van der Waals surface area contributed by atoms with Gasteiger partial charge in [0, 0.05) is 30.3 Å². The summed E-state index contributed by atoms with van der Waals surface area (Å²) in [6, 6.07) is 7.33. The number of carbonyl (C=O) groups excluding carboxylic acids is 1. The van der Waals surface area contributed by atoms with Gasteiger partial charge in [-0.3, -0.25) is 9.59 Å². The predicted octanol–water partition coefficient (Wildman–Crippen LogP) is 2.26. The number of carbonyl (C=O) groups is 2. The van der Waals surface area contributed by atoms with Crippen LogP contribution in [0, 0.1) is 13.8 Å². The first-order chi connectivity index (χ1) is 13.4. The van der Waals surface area contributed by atoms with Crippen LogP contribution in [0.25, 0.3) is 5.69 Å². The Morgan fingerprint density at radius 3 is 2.82 bits per heavy atom. The van der Waals surface area contributed by atoms with Gasteiger partial charge in [0.2, 0.25) is 5.91 Å². The number of aryl methyl sites for hydroxylation is 1. The molecule has 0 aliphatic carbocycles. The number of hydrogen-bond donors (Lipinski definition) is 1. The zero-order valence-corrected chi connectivity index (χ0v) is 16.3. The number of benzene rings is 1. The van der Waals surface area contributed by atoms with Crippen molar-refractivity contribution in [1.82, 2.24) is 14.7 Å². The van der Waals surface area contributed by atoms with Crippen LogP contribution in [-0.2, 0) is 14.3 Å². The molecule has 0 bridgehead atoms. The summed E-state index contributed by atoms with van der Waals surface area (Å²) in [4.78, 5) is 25.2. The quantitative estimate of drug-likeness (QED) is 0.817. The number of carboxylic acids is 1. The lowest BCUT2D eigenvalue weighted by Gasteiger charge is -2.36. The summed E-state index contributed by atoms with van der Waals surface area (Å²) in [5, 5.41) is 13.6. The highest BCUT2D eigenvalue weighted by atomic mass is 16.5. The molecule has 1 aromatic heterocycles. The molecule has 1 saturated heterocycles. The maximum atomic E-state index is 12.6. The van der Waals surface area contributed by atoms with Crippen molar-refractivity contribution in [2.45, 2.75) is 32.7 Å². The van der Waals surface area contributed by atoms with E-state index in [1.807, 2.05) is 42.8 Å². The lowest BCUT2D eigenvalue weighted by Crippen LogP contribution is -2.43. The Morgan fingerprint density at radius 2 is 2.11 bits per heavy atom. The molecule has 3 rings (SSSR count). The Kier molecular flexibility index (Phi) is 5.99. The van der Waals surface area contributed by atoms with E-state index in [0.717, 1.165) is 28.4 Å². The summed E-state index contributed by atoms with van der Waals surface area (Å²) in [6.07, 6.45) is -0.197. The van der Waals surface area contributed by atoms with Crippen LogP contribution in [0.4, 0.5) is 0 Å². The van der Waals surface area contributed by atoms with Crippen molar-refractivity contribution in [3.8, 4) is 11.4 Å². The molecule has 0 spiro atoms. The molecule has 1 atom stereocenters. The fourth-order valence-electron chi connectivity index (χ4n) is 3.63. The van der Waals surface area contributed by atoms with Gasteiger partial charge in [0.05, 0.1) is 44.2 Å². The van der Waals surface area contributed by atoms with Crippen molar-refractivity contribution in [2.24, 2.45) is 0 Å². The van der Waals surface area contributed by atoms with Gasteiger partial charge < -0.3 is 19.5 Å². The minimum atomic E-state index is -0.976. The number of ether oxygens (including phenoxy) is 2. The molecule has 0 saturated carbocycles. The molecule has 1 fully saturated rings. The number of hydrogen-bond acceptors (Lipinski definition) is 5. The van der Waals surface area contributed by atoms with Gasteiger partial charge in [0.1, 0.15) is 5.75 Å². The number of aromatic nitrogens is 2. The molecule has 0 radical (unpaired) electrons. The third kappa shape index (κ3) is 4.01. The van der Waals surface area contributed by atoms with Gasteiger partial charge in [-0.1, -0.05) is 6.07 Å². The van der Waals surface area contributed by atoms with Crippen LogP contribution in [0.2, 0.25) is 0 Å². The topological polar surface area (TPSA) is 93.9 Å². The summed E-state index contributed by atoms with van der Waals surface area (Å²) in [5.41, 5.74) is 3.53. The summed E-state index contributed by atoms with van der Waals surface area (Å²) in [5.74, 6) is -0.418. The second kappa shape index (κ2) is 8.43. The van der Waals surface area contributed by atoms with E-state index in [4.69, 9.17) is 14.6 Å². The maximum Gasteiger partial charge on any atom is 0.303 e. The number of rotatable bonds is 6. The summed E-state index contributed by atoms with van der Waals surface area (Å²) in [7, 11) is 1.62. The number of aliphatic carboxylic acids is 1. The van der Waals surface area contributed by atoms with Gasteiger partial charge in [-0.05, 0) is 26.0 Å². The Labute approximate surface area is 163 Å². The van der Waals surface area contributed by atoms with Crippen molar-refractivity contribution in [1.29, 1.82) is 0 Å². The van der Waals surface area contributed by atoms with Crippen LogP contribution >= 0.6 is 0 Å². The number of morpholine rings is 1. The zero-order valence-electron chi connectivity index (χ0n) is 16.3. The first-order valence-electron chi connectivity index (χ1n) is 9.22. The van der Waals surface area contributed by atoms with Crippen molar-refractivity contribution >= 4 is 11.9 Å². The van der Waals surface area contributed by atoms with Crippen LogP contribution in [0.3, 0.4) is 0 Å². The van der Waals surface area contributed by atoms with Gasteiger partial charge in [-0.25, -0.2) is 4.68 Å². The van der Waals surface area contributed by atoms with Crippen LogP contribution in [0.5, 0.6) is 5.75 Å². The average molecular weight is 387 g/mol. The second-order valence-electron chi connectivity index (χ2n) is 6.77. The maximum absolute atomic E-state index is 12.6. The van der Waals surface area contributed by atoms with E-state index in [1.165, 1.54) is 0 Å². The largest absolute Gasteiger partial charge is 0.497 e. The second-order valence-corrected chi connectivity index (χ2v) is 6.77. The van der Waals surface area contributed by atoms with E-state index in [2.05, 4.69) is 5.10 Å². The normalized spacial score (nSPS) is 16.8. The zero-order chi connectivity index (χ0) is 20.3. The fraction of sp³-hybridized carbons (Fsp3) is 0.450. The predicted molar refractivity (Wildman–Crippen MR) is 102 cm³/mol. The van der Waals surface area contributed by atoms with Crippen molar-refractivity contribution < 1.29 is 24.2 Å². The molecule has 1 aromatic carbocycles. The Balaban J connectivity index is 1.94. The third-order valence-electron chi connectivity index (χ3n) is 4.98. The Hall–Kier alpha value is -2.87. The molecule has 1 unspecified atom stereocenters. The number of amides is 1. The molecule has 1 amide bonds. The van der Waals surface area contributed by atoms with Gasteiger partial charge in [0.25, 0.3) is 0 Å². The monoisotopic (exact) mass is 387 g/mol. The first-order valence-corrected chi connectivity index (χ1v) is 9.22. The molecule has 150 valence electrons. The molecular weight excluding hydrogens is 362 g/mol. The van der Waals surface area contributed by atoms with Crippen molar-refractivity contribution in [3.63, 3.8) is 0 Å². The van der Waals surface area contributed by atoms with Crippen molar-refractivity contribution in [2.75, 3.05) is 26.9 Å². The highest BCUT2D eigenvalue weighted by molar-refractivity contribution is 5.81. The fourth-order valence-corrected chi connectivity index (χ4v) is 3.63. The van der Waals surface area contributed by atoms with Crippen LogP contribution in [0.15, 0.2) is 24.3 Å². The van der Waals surface area contributed by atoms with Crippen LogP contribution in [0.1, 0.15) is 35.8 Å². The van der Waals surface area contributed by atoms with E-state index >= 15 is 0 Å². The molecular formula is C20H25N3O5. The van der Waals surface area contributed by atoms with E-state index in [0.29, 0.717) is 19.8 Å². The lowest BCUT2D eigenvalue weighted by molar-refractivity contribution is -0.145. The number of methoxy groups -OCH3 is 1. The van der Waals surface area contributed by atoms with Gasteiger partial charge >= 0.3 is 5.97 Å². The average Bonchev–Trinajstić information content (AvgIpc) is 3.00. The SMILES string of the molecule is COc1cccc(-n2nc(C)c(C3COCCN3C(=O)CCC(=O)O)c2C)c1. The number of nitrogens with zero attached hydrogens (tertiary/aromatic N) is 3. The summed E-state index contributed by atoms with van der Waals surface area (Å²) in [6.45, 7) is 5.12. The van der Waals surface area contributed by atoms with E-state index in [1.54, 1.807) is 12.0 Å². The molecule has 1 N–H and O–H groups in total. The van der Waals surface area contributed by atoms with Crippen LogP contribution < -0.4 is 4.74 Å². The van der Waals surface area contributed by atoms with E-state index in [9.17, 15) is 9.59 Å². The van der Waals surface area contributed by atoms with E-state index in [-0.39, 0.29) is 24.8 Å². The molecule has 2 aromatic rings. The first kappa shape index (κ1) is 19.9. The van der Waals surface area contributed by atoms with Crippen LogP contribution in [-0.4, -0.2) is 58.5 Å². The van der Waals surface area contributed by atoms with Crippen molar-refractivity contribution in [3.05, 3.63) is 41.2 Å². The lowest BCUT2D eigenvalue weighted by atomic mass is 10.0. The molecule has 1 aliphatic rings. The number of carboxylic acid groups (broad SMARTS) is 1. The Bertz CT molecular complexity index is 877. The van der Waals surface area contributed by atoms with Gasteiger partial charge in [-0.2, -0.15) is 5.10 Å². The highest BCUT2D eigenvalue weighted by Crippen LogP contribution is 2.31. The molecule has 1 aliphatic heterocycles. The van der Waals surface area contributed by atoms with Gasteiger partial charge in [-0.15, -0.1) is 0 Å². The minimum Gasteiger partial charge on any atom is -0.497 e. The summed E-state index contributed by atoms with van der Waals surface area (Å²) >= 11 is 0. The highest BCUT2D eigenvalue weighted by Gasteiger charge is 2.32. The smallest absolute Gasteiger partial charge is 0.303 e. The molecule has 8 heteroatoms. The Morgan fingerprint density at radius 1 is 1.32 bits per heavy atom. The standard InChI is InChI=1S/C20H25N3O5/c1-13-20(14(2)23(21-13)15-5-4-6-16(11-15)27-3)17-12-28-10-9-22(17)18(24)7-8-19(25)26/h4-6,11,17H,7-10,12H2,1-3H3,(H,25,26). The molecule has 8 nitrogen and oxygen atoms in total. The molecule has 28 heavy (non-hydrogen) atoms. The van der Waals surface area contributed by atoms with Gasteiger partial charge in [0.15, 0.2) is 0 Å².